The highest BCUT2D eigenvalue weighted by Crippen LogP contribution is 2.44. The molecule has 35 heavy (non-hydrogen) atoms. The molecule has 1 aromatic heterocycles. The van der Waals surface area contributed by atoms with Crippen molar-refractivity contribution in [3.8, 4) is 45.8 Å². The first kappa shape index (κ1) is 24.4. The van der Waals surface area contributed by atoms with Crippen molar-refractivity contribution in [2.75, 3.05) is 13.7 Å². The number of aliphatic hydroxyl groups excluding tert-OH is 4. The highest BCUT2D eigenvalue weighted by molar-refractivity contribution is 5.91. The van der Waals surface area contributed by atoms with E-state index in [1.807, 2.05) is 0 Å². The lowest BCUT2D eigenvalue weighted by Crippen LogP contribution is -2.60. The fraction of sp³-hybridized carbons (Fsp3) is 0.318. The summed E-state index contributed by atoms with van der Waals surface area (Å²) >= 11 is 0. The number of methoxy groups -OCH3 is 1. The van der Waals surface area contributed by atoms with Gasteiger partial charge in [-0.1, -0.05) is 0 Å². The molecule has 3 aromatic rings. The molecular formula is C22H22O13. The number of hydrogen-bond acceptors (Lipinski definition) is 13. The Balaban J connectivity index is 1.84. The van der Waals surface area contributed by atoms with Crippen LogP contribution in [0, 0.1) is 0 Å². The number of rotatable bonds is 5. The topological polar surface area (TPSA) is 220 Å². The Bertz CT molecular complexity index is 1320. The molecule has 5 unspecified atom stereocenters. The first-order valence-electron chi connectivity index (χ1n) is 10.2. The van der Waals surface area contributed by atoms with Gasteiger partial charge in [0.2, 0.25) is 23.2 Å². The molecule has 188 valence electrons. The summed E-state index contributed by atoms with van der Waals surface area (Å²) in [6.07, 6.45) is -8.23. The van der Waals surface area contributed by atoms with E-state index in [-0.39, 0.29) is 22.7 Å². The third-order valence-corrected chi connectivity index (χ3v) is 5.59. The Labute approximate surface area is 195 Å². The van der Waals surface area contributed by atoms with Gasteiger partial charge in [-0.25, -0.2) is 0 Å². The minimum absolute atomic E-state index is 0.125. The fourth-order valence-corrected chi connectivity index (χ4v) is 3.70. The first-order valence-corrected chi connectivity index (χ1v) is 10.2. The van der Waals surface area contributed by atoms with Crippen molar-refractivity contribution in [1.29, 1.82) is 0 Å². The zero-order valence-corrected chi connectivity index (χ0v) is 18.0. The molecule has 13 nitrogen and oxygen atoms in total. The predicted octanol–water partition coefficient (Wildman–Crippen LogP) is -0.530. The second-order valence-corrected chi connectivity index (χ2v) is 7.76. The molecule has 0 amide bonds. The molecule has 0 bridgehead atoms. The van der Waals surface area contributed by atoms with Crippen LogP contribution >= 0.6 is 0 Å². The minimum Gasteiger partial charge on any atom is -0.504 e. The van der Waals surface area contributed by atoms with Crippen LogP contribution in [-0.2, 0) is 4.74 Å². The molecule has 0 saturated carbocycles. The average molecular weight is 494 g/mol. The number of aromatic hydroxyl groups is 4. The standard InChI is InChI=1S/C22H22O13/c1-32-21-17(29)13-10(33-20(21)7-2-3-8(24)9(25)4-7)5-11(14(26)16(13)28)34-22-19(31)18(30)15(27)12(6-23)35-22/h2-5,12,15,18-19,22-28,30-31H,6H2,1H3. The molecule has 1 saturated heterocycles. The summed E-state index contributed by atoms with van der Waals surface area (Å²) in [4.78, 5) is 13.0. The van der Waals surface area contributed by atoms with E-state index in [4.69, 9.17) is 18.6 Å². The highest BCUT2D eigenvalue weighted by Gasteiger charge is 2.45. The Morgan fingerprint density at radius 2 is 1.66 bits per heavy atom. The molecule has 2 aromatic carbocycles. The number of fused-ring (bicyclic) bond motifs is 1. The Morgan fingerprint density at radius 1 is 0.943 bits per heavy atom. The summed E-state index contributed by atoms with van der Waals surface area (Å²) < 4.78 is 21.4. The van der Waals surface area contributed by atoms with Gasteiger partial charge in [0.05, 0.1) is 13.7 Å². The normalized spacial score (nSPS) is 24.4. The lowest BCUT2D eigenvalue weighted by molar-refractivity contribution is -0.277. The van der Waals surface area contributed by atoms with E-state index < -0.39 is 76.9 Å². The van der Waals surface area contributed by atoms with Crippen LogP contribution in [0.3, 0.4) is 0 Å². The van der Waals surface area contributed by atoms with Gasteiger partial charge in [-0.15, -0.1) is 0 Å². The number of ether oxygens (including phenoxy) is 3. The summed E-state index contributed by atoms with van der Waals surface area (Å²) in [5.41, 5.74) is -1.07. The summed E-state index contributed by atoms with van der Waals surface area (Å²) in [7, 11) is 1.16. The molecule has 5 atom stereocenters. The van der Waals surface area contributed by atoms with Crippen molar-refractivity contribution in [2.24, 2.45) is 0 Å². The third kappa shape index (κ3) is 4.05. The van der Waals surface area contributed by atoms with Gasteiger partial charge in [0.25, 0.3) is 0 Å². The molecule has 0 aliphatic carbocycles. The summed E-state index contributed by atoms with van der Waals surface area (Å²) in [6.45, 7) is -0.725. The number of phenolic OH excluding ortho intramolecular Hbond substituents is 4. The average Bonchev–Trinajstić information content (AvgIpc) is 2.83. The molecule has 2 heterocycles. The monoisotopic (exact) mass is 494 g/mol. The second-order valence-electron chi connectivity index (χ2n) is 7.76. The van der Waals surface area contributed by atoms with Gasteiger partial charge in [-0.05, 0) is 18.2 Å². The molecule has 1 fully saturated rings. The van der Waals surface area contributed by atoms with Gasteiger partial charge < -0.3 is 59.5 Å². The molecular weight excluding hydrogens is 472 g/mol. The summed E-state index contributed by atoms with van der Waals surface area (Å²) in [5.74, 6) is -3.91. The maximum atomic E-state index is 13.0. The van der Waals surface area contributed by atoms with Crippen molar-refractivity contribution in [2.45, 2.75) is 30.7 Å². The number of hydrogen-bond donors (Lipinski definition) is 8. The van der Waals surface area contributed by atoms with Crippen molar-refractivity contribution in [3.05, 3.63) is 34.5 Å². The second kappa shape index (κ2) is 9.13. The zero-order chi connectivity index (χ0) is 25.6. The SMILES string of the molecule is COc1c(-c2ccc(O)c(O)c2)oc2cc(OC3OC(CO)C(O)C(O)C3O)c(O)c(O)c2c1=O. The van der Waals surface area contributed by atoms with E-state index in [1.165, 1.54) is 6.07 Å². The Morgan fingerprint density at radius 3 is 2.29 bits per heavy atom. The zero-order valence-electron chi connectivity index (χ0n) is 18.0. The van der Waals surface area contributed by atoms with Crippen LogP contribution in [0.2, 0.25) is 0 Å². The number of benzene rings is 2. The van der Waals surface area contributed by atoms with Crippen molar-refractivity contribution >= 4 is 11.0 Å². The quantitative estimate of drug-likeness (QED) is 0.209. The fourth-order valence-electron chi connectivity index (χ4n) is 3.70. The smallest absolute Gasteiger partial charge is 0.239 e. The van der Waals surface area contributed by atoms with E-state index in [0.717, 1.165) is 25.3 Å². The molecule has 8 N–H and O–H groups in total. The first-order chi connectivity index (χ1) is 16.6. The van der Waals surface area contributed by atoms with Gasteiger partial charge in [0, 0.05) is 11.6 Å². The Hall–Kier alpha value is -3.75. The van der Waals surface area contributed by atoms with Crippen LogP contribution in [0.5, 0.6) is 34.5 Å². The van der Waals surface area contributed by atoms with Crippen LogP contribution in [-0.4, -0.2) is 85.3 Å². The van der Waals surface area contributed by atoms with E-state index in [1.54, 1.807) is 0 Å². The molecule has 1 aliphatic heterocycles. The van der Waals surface area contributed by atoms with Gasteiger partial charge in [0.1, 0.15) is 35.4 Å². The highest BCUT2D eigenvalue weighted by atomic mass is 16.7. The van der Waals surface area contributed by atoms with Crippen LogP contribution in [0.15, 0.2) is 33.5 Å². The van der Waals surface area contributed by atoms with Gasteiger partial charge in [-0.3, -0.25) is 4.79 Å². The number of phenols is 4. The van der Waals surface area contributed by atoms with Gasteiger partial charge >= 0.3 is 0 Å². The lowest BCUT2D eigenvalue weighted by Gasteiger charge is -2.39. The number of aliphatic hydroxyl groups is 4. The minimum atomic E-state index is -1.82. The molecule has 1 aliphatic rings. The van der Waals surface area contributed by atoms with Crippen LogP contribution in [0.4, 0.5) is 0 Å². The summed E-state index contributed by atoms with van der Waals surface area (Å²) in [5, 5.41) is 79.2. The van der Waals surface area contributed by atoms with Crippen molar-refractivity contribution < 1.29 is 59.5 Å². The maximum Gasteiger partial charge on any atom is 0.239 e. The van der Waals surface area contributed by atoms with Crippen molar-refractivity contribution in [3.63, 3.8) is 0 Å². The van der Waals surface area contributed by atoms with Crippen LogP contribution in [0.25, 0.3) is 22.3 Å². The van der Waals surface area contributed by atoms with E-state index in [0.29, 0.717) is 0 Å². The molecule has 0 spiro atoms. The van der Waals surface area contributed by atoms with Crippen LogP contribution < -0.4 is 14.9 Å². The molecule has 4 rings (SSSR count). The van der Waals surface area contributed by atoms with Gasteiger partial charge in [-0.2, -0.15) is 0 Å². The van der Waals surface area contributed by atoms with Crippen molar-refractivity contribution in [1.82, 2.24) is 0 Å². The largest absolute Gasteiger partial charge is 0.504 e. The lowest BCUT2D eigenvalue weighted by atomic mass is 9.99. The van der Waals surface area contributed by atoms with Crippen LogP contribution in [0.1, 0.15) is 0 Å². The molecule has 0 radical (unpaired) electrons. The van der Waals surface area contributed by atoms with E-state index in [9.17, 15) is 45.6 Å². The predicted molar refractivity (Wildman–Crippen MR) is 116 cm³/mol. The summed E-state index contributed by atoms with van der Waals surface area (Å²) in [6, 6.07) is 4.58. The van der Waals surface area contributed by atoms with E-state index >= 15 is 0 Å². The Kier molecular flexibility index (Phi) is 6.36. The van der Waals surface area contributed by atoms with Gasteiger partial charge in [0.15, 0.2) is 28.8 Å². The molecule has 13 heteroatoms. The third-order valence-electron chi connectivity index (χ3n) is 5.59. The van der Waals surface area contributed by atoms with E-state index in [2.05, 4.69) is 0 Å². The maximum absolute atomic E-state index is 13.0.